The number of nitrogens with zero attached hydrogens (tertiary/aromatic N) is 1. The molecule has 3 heteroatoms. The Balaban J connectivity index is 2.02. The molecular weight excluding hydrogens is 224 g/mol. The highest BCUT2D eigenvalue weighted by Crippen LogP contribution is 2.24. The van der Waals surface area contributed by atoms with E-state index in [4.69, 9.17) is 10.8 Å². The number of hydrogen-bond acceptors (Lipinski definition) is 3. The van der Waals surface area contributed by atoms with E-state index in [1.165, 1.54) is 18.4 Å². The minimum absolute atomic E-state index is 0.118. The fourth-order valence-corrected chi connectivity index (χ4v) is 2.90. The molecule has 18 heavy (non-hydrogen) atoms. The van der Waals surface area contributed by atoms with Crippen LogP contribution in [0.25, 0.3) is 0 Å². The molecule has 1 heterocycles. The smallest absolute Gasteiger partial charge is 0.0681 e. The summed E-state index contributed by atoms with van der Waals surface area (Å²) in [7, 11) is 0. The monoisotopic (exact) mass is 248 g/mol. The molecule has 0 bridgehead atoms. The maximum Gasteiger partial charge on any atom is 0.0681 e. The van der Waals surface area contributed by atoms with Gasteiger partial charge in [0.2, 0.25) is 0 Å². The number of aliphatic hydroxyl groups excluding tert-OH is 1. The second-order valence-electron chi connectivity index (χ2n) is 5.37. The van der Waals surface area contributed by atoms with Crippen molar-refractivity contribution in [3.8, 4) is 0 Å². The second-order valence-corrected chi connectivity index (χ2v) is 5.37. The predicted octanol–water partition coefficient (Wildman–Crippen LogP) is 1.74. The van der Waals surface area contributed by atoms with Crippen LogP contribution in [-0.4, -0.2) is 29.1 Å². The third-order valence-corrected chi connectivity index (χ3v) is 4.06. The van der Waals surface area contributed by atoms with E-state index in [1.54, 1.807) is 0 Å². The highest BCUT2D eigenvalue weighted by Gasteiger charge is 2.26. The third-order valence-electron chi connectivity index (χ3n) is 4.06. The van der Waals surface area contributed by atoms with Crippen LogP contribution in [0, 0.1) is 5.92 Å². The van der Waals surface area contributed by atoms with Crippen molar-refractivity contribution in [2.75, 3.05) is 13.1 Å². The van der Waals surface area contributed by atoms with Crippen molar-refractivity contribution >= 4 is 0 Å². The Bertz CT molecular complexity index is 363. The van der Waals surface area contributed by atoms with Crippen LogP contribution in [0.2, 0.25) is 0 Å². The molecule has 0 amide bonds. The van der Waals surface area contributed by atoms with Crippen LogP contribution >= 0.6 is 0 Å². The molecule has 3 N–H and O–H groups in total. The topological polar surface area (TPSA) is 49.5 Å². The largest absolute Gasteiger partial charge is 0.392 e. The van der Waals surface area contributed by atoms with Crippen molar-refractivity contribution in [2.24, 2.45) is 11.7 Å². The van der Waals surface area contributed by atoms with E-state index in [2.05, 4.69) is 24.0 Å². The number of benzene rings is 1. The van der Waals surface area contributed by atoms with Crippen LogP contribution in [0.5, 0.6) is 0 Å². The average Bonchev–Trinajstić information content (AvgIpc) is 2.40. The molecule has 2 unspecified atom stereocenters. The maximum atomic E-state index is 9.04. The summed E-state index contributed by atoms with van der Waals surface area (Å²) in [6, 6.07) is 8.73. The zero-order valence-corrected chi connectivity index (χ0v) is 11.2. The minimum Gasteiger partial charge on any atom is -0.392 e. The number of hydrogen-bond donors (Lipinski definition) is 2. The fourth-order valence-electron chi connectivity index (χ4n) is 2.90. The molecular formula is C15H24N2O. The van der Waals surface area contributed by atoms with Crippen LogP contribution in [-0.2, 0) is 13.2 Å². The van der Waals surface area contributed by atoms with Crippen molar-refractivity contribution < 1.29 is 5.11 Å². The van der Waals surface area contributed by atoms with Gasteiger partial charge in [0.1, 0.15) is 0 Å². The van der Waals surface area contributed by atoms with E-state index in [-0.39, 0.29) is 6.61 Å². The number of rotatable bonds is 4. The van der Waals surface area contributed by atoms with E-state index in [1.807, 2.05) is 12.1 Å². The standard InChI is InChI=1S/C15H24N2O/c1-12-3-2-8-17(15(12)9-16)10-13-4-6-14(11-18)7-5-13/h4-7,12,15,18H,2-3,8-11,16H2,1H3. The quantitative estimate of drug-likeness (QED) is 0.853. The van der Waals surface area contributed by atoms with Gasteiger partial charge in [-0.15, -0.1) is 0 Å². The fraction of sp³-hybridized carbons (Fsp3) is 0.600. The summed E-state index contributed by atoms with van der Waals surface area (Å²) >= 11 is 0. The molecule has 1 aliphatic heterocycles. The molecule has 2 rings (SSSR count). The summed E-state index contributed by atoms with van der Waals surface area (Å²) in [5.41, 5.74) is 8.19. The molecule has 2 atom stereocenters. The summed E-state index contributed by atoms with van der Waals surface area (Å²) < 4.78 is 0. The van der Waals surface area contributed by atoms with Gasteiger partial charge in [0.15, 0.2) is 0 Å². The molecule has 1 aromatic rings. The summed E-state index contributed by atoms with van der Waals surface area (Å²) in [6.07, 6.45) is 2.56. The van der Waals surface area contributed by atoms with E-state index in [0.717, 1.165) is 25.2 Å². The van der Waals surface area contributed by atoms with E-state index < -0.39 is 0 Å². The first kappa shape index (κ1) is 13.5. The molecule has 0 aliphatic carbocycles. The lowest BCUT2D eigenvalue weighted by Gasteiger charge is -2.39. The molecule has 0 saturated carbocycles. The van der Waals surface area contributed by atoms with Crippen molar-refractivity contribution in [2.45, 2.75) is 39.0 Å². The third kappa shape index (κ3) is 3.10. The van der Waals surface area contributed by atoms with Gasteiger partial charge in [-0.1, -0.05) is 31.2 Å². The van der Waals surface area contributed by atoms with Crippen LogP contribution in [0.15, 0.2) is 24.3 Å². The van der Waals surface area contributed by atoms with Gasteiger partial charge < -0.3 is 10.8 Å². The van der Waals surface area contributed by atoms with Crippen molar-refractivity contribution in [3.63, 3.8) is 0 Å². The van der Waals surface area contributed by atoms with Gasteiger partial charge in [-0.25, -0.2) is 0 Å². The van der Waals surface area contributed by atoms with Crippen molar-refractivity contribution in [1.29, 1.82) is 0 Å². The summed E-state index contributed by atoms with van der Waals surface area (Å²) in [4.78, 5) is 2.50. The Labute approximate surface area is 110 Å². The van der Waals surface area contributed by atoms with Crippen molar-refractivity contribution in [1.82, 2.24) is 4.90 Å². The highest BCUT2D eigenvalue weighted by atomic mass is 16.3. The zero-order chi connectivity index (χ0) is 13.0. The van der Waals surface area contributed by atoms with E-state index in [9.17, 15) is 0 Å². The number of nitrogens with two attached hydrogens (primary N) is 1. The van der Waals surface area contributed by atoms with Crippen LogP contribution in [0.3, 0.4) is 0 Å². The van der Waals surface area contributed by atoms with E-state index >= 15 is 0 Å². The van der Waals surface area contributed by atoms with Gasteiger partial charge in [0.05, 0.1) is 6.61 Å². The summed E-state index contributed by atoms with van der Waals surface area (Å²) in [5, 5.41) is 9.04. The maximum absolute atomic E-state index is 9.04. The van der Waals surface area contributed by atoms with E-state index in [0.29, 0.717) is 12.0 Å². The molecule has 0 radical (unpaired) electrons. The summed E-state index contributed by atoms with van der Waals surface area (Å²) in [5.74, 6) is 0.695. The molecule has 100 valence electrons. The van der Waals surface area contributed by atoms with Gasteiger partial charge in [0, 0.05) is 19.1 Å². The Morgan fingerprint density at radius 2 is 1.94 bits per heavy atom. The van der Waals surface area contributed by atoms with Crippen molar-refractivity contribution in [3.05, 3.63) is 35.4 Å². The SMILES string of the molecule is CC1CCCN(Cc2ccc(CO)cc2)C1CN. The molecule has 1 aromatic carbocycles. The molecule has 1 fully saturated rings. The van der Waals surface area contributed by atoms with Gasteiger partial charge in [-0.05, 0) is 36.4 Å². The van der Waals surface area contributed by atoms with Crippen LogP contribution in [0.1, 0.15) is 30.9 Å². The molecule has 1 saturated heterocycles. The molecule has 3 nitrogen and oxygen atoms in total. The van der Waals surface area contributed by atoms with Gasteiger partial charge >= 0.3 is 0 Å². The Hall–Kier alpha value is -0.900. The van der Waals surface area contributed by atoms with Gasteiger partial charge in [0.25, 0.3) is 0 Å². The first-order valence-corrected chi connectivity index (χ1v) is 6.87. The minimum atomic E-state index is 0.118. The first-order chi connectivity index (χ1) is 8.74. The lowest BCUT2D eigenvalue weighted by Crippen LogP contribution is -2.47. The highest BCUT2D eigenvalue weighted by molar-refractivity contribution is 5.22. The average molecular weight is 248 g/mol. The molecule has 0 spiro atoms. The Morgan fingerprint density at radius 1 is 1.28 bits per heavy atom. The normalized spacial score (nSPS) is 25.3. The van der Waals surface area contributed by atoms with Gasteiger partial charge in [-0.3, -0.25) is 4.90 Å². The molecule has 0 aromatic heterocycles. The zero-order valence-electron chi connectivity index (χ0n) is 11.2. The van der Waals surface area contributed by atoms with Crippen LogP contribution in [0.4, 0.5) is 0 Å². The van der Waals surface area contributed by atoms with Crippen LogP contribution < -0.4 is 5.73 Å². The molecule has 1 aliphatic rings. The Morgan fingerprint density at radius 3 is 2.56 bits per heavy atom. The first-order valence-electron chi connectivity index (χ1n) is 6.87. The predicted molar refractivity (Wildman–Crippen MR) is 74.0 cm³/mol. The Kier molecular flexibility index (Phi) is 4.75. The lowest BCUT2D eigenvalue weighted by atomic mass is 9.90. The van der Waals surface area contributed by atoms with Gasteiger partial charge in [-0.2, -0.15) is 0 Å². The summed E-state index contributed by atoms with van der Waals surface area (Å²) in [6.45, 7) is 5.28. The lowest BCUT2D eigenvalue weighted by molar-refractivity contribution is 0.0991. The number of aliphatic hydroxyl groups is 1. The number of piperidine rings is 1. The second kappa shape index (κ2) is 6.32. The number of likely N-dealkylation sites (tertiary alicyclic amines) is 1.